The Hall–Kier alpha value is -3.95. The number of alkyl halides is 3. The van der Waals surface area contributed by atoms with Crippen molar-refractivity contribution in [1.82, 2.24) is 19.8 Å². The van der Waals surface area contributed by atoms with Gasteiger partial charge in [0.25, 0.3) is 0 Å². The van der Waals surface area contributed by atoms with Crippen molar-refractivity contribution < 1.29 is 18.0 Å². The van der Waals surface area contributed by atoms with E-state index in [2.05, 4.69) is 25.9 Å². The van der Waals surface area contributed by atoms with Crippen molar-refractivity contribution in [2.45, 2.75) is 13.1 Å². The summed E-state index contributed by atoms with van der Waals surface area (Å²) in [5.41, 5.74) is 1.65. The number of aromatic nitrogens is 4. The predicted octanol–water partition coefficient (Wildman–Crippen LogP) is 4.76. The summed E-state index contributed by atoms with van der Waals surface area (Å²) in [7, 11) is 0. The molecule has 2 aromatic carbocycles. The van der Waals surface area contributed by atoms with Gasteiger partial charge in [-0.05, 0) is 49.4 Å². The lowest BCUT2D eigenvalue weighted by atomic mass is 10.1. The Morgan fingerprint density at radius 3 is 2.37 bits per heavy atom. The van der Waals surface area contributed by atoms with E-state index in [0.717, 1.165) is 17.7 Å². The quantitative estimate of drug-likeness (QED) is 0.508. The number of hydrogen-bond donors (Lipinski definition) is 2. The molecule has 0 saturated carbocycles. The topological polar surface area (TPSA) is 84.2 Å². The van der Waals surface area contributed by atoms with Crippen molar-refractivity contribution in [1.29, 1.82) is 0 Å². The van der Waals surface area contributed by atoms with Gasteiger partial charge in [-0.2, -0.15) is 22.8 Å². The molecule has 4 rings (SSSR count). The Balaban J connectivity index is 1.51. The number of amides is 2. The fourth-order valence-electron chi connectivity index (χ4n) is 2.87. The molecule has 0 bridgehead atoms. The van der Waals surface area contributed by atoms with Gasteiger partial charge in [-0.25, -0.2) is 4.79 Å². The SMILES string of the molecule is Cc1nnc2ccc(-c3cccc(NC(=O)Nc4cccc(C(F)(F)F)c4)c3)nn12. The number of fused-ring (bicyclic) bond motifs is 1. The van der Waals surface area contributed by atoms with Crippen LogP contribution in [0.15, 0.2) is 60.7 Å². The first kappa shape index (κ1) is 19.4. The van der Waals surface area contributed by atoms with Gasteiger partial charge in [-0.1, -0.05) is 18.2 Å². The third kappa shape index (κ3) is 4.07. The number of anilines is 2. The Kier molecular flexibility index (Phi) is 4.82. The molecular weight excluding hydrogens is 397 g/mol. The van der Waals surface area contributed by atoms with E-state index in [9.17, 15) is 18.0 Å². The van der Waals surface area contributed by atoms with Gasteiger partial charge in [-0.3, -0.25) is 0 Å². The summed E-state index contributed by atoms with van der Waals surface area (Å²) in [5, 5.41) is 17.4. The zero-order valence-corrected chi connectivity index (χ0v) is 15.6. The van der Waals surface area contributed by atoms with Crippen LogP contribution in [-0.2, 0) is 6.18 Å². The number of aryl methyl sites for hydroxylation is 1. The van der Waals surface area contributed by atoms with Gasteiger partial charge >= 0.3 is 12.2 Å². The Labute approximate surface area is 168 Å². The van der Waals surface area contributed by atoms with Crippen molar-refractivity contribution in [2.24, 2.45) is 0 Å². The highest BCUT2D eigenvalue weighted by Gasteiger charge is 2.30. The summed E-state index contributed by atoms with van der Waals surface area (Å²) in [4.78, 5) is 12.2. The van der Waals surface area contributed by atoms with Crippen LogP contribution in [0.5, 0.6) is 0 Å². The van der Waals surface area contributed by atoms with E-state index in [1.807, 2.05) is 6.07 Å². The van der Waals surface area contributed by atoms with Crippen LogP contribution in [0.2, 0.25) is 0 Å². The first-order valence-electron chi connectivity index (χ1n) is 8.84. The highest BCUT2D eigenvalue weighted by atomic mass is 19.4. The van der Waals surface area contributed by atoms with Crippen LogP contribution < -0.4 is 10.6 Å². The summed E-state index contributed by atoms with van der Waals surface area (Å²) in [5.74, 6) is 0.640. The molecule has 152 valence electrons. The number of halogens is 3. The monoisotopic (exact) mass is 412 g/mol. The fourth-order valence-corrected chi connectivity index (χ4v) is 2.87. The molecule has 2 N–H and O–H groups in total. The highest BCUT2D eigenvalue weighted by molar-refractivity contribution is 6.00. The number of hydrogen-bond acceptors (Lipinski definition) is 4. The minimum atomic E-state index is -4.49. The van der Waals surface area contributed by atoms with Gasteiger partial charge in [0.1, 0.15) is 0 Å². The lowest BCUT2D eigenvalue weighted by molar-refractivity contribution is -0.137. The fraction of sp³-hybridized carbons (Fsp3) is 0.100. The first-order valence-corrected chi connectivity index (χ1v) is 8.84. The van der Waals surface area contributed by atoms with E-state index in [4.69, 9.17) is 0 Å². The van der Waals surface area contributed by atoms with Crippen LogP contribution in [0.3, 0.4) is 0 Å². The molecule has 10 heteroatoms. The van der Waals surface area contributed by atoms with Gasteiger partial charge in [0.15, 0.2) is 11.5 Å². The summed E-state index contributed by atoms with van der Waals surface area (Å²) < 4.78 is 40.1. The molecule has 30 heavy (non-hydrogen) atoms. The number of urea groups is 1. The lowest BCUT2D eigenvalue weighted by Crippen LogP contribution is -2.19. The molecule has 0 aliphatic carbocycles. The molecule has 0 aliphatic heterocycles. The average molecular weight is 412 g/mol. The van der Waals surface area contributed by atoms with Crippen molar-refractivity contribution in [2.75, 3.05) is 10.6 Å². The third-order valence-corrected chi connectivity index (χ3v) is 4.28. The molecule has 0 saturated heterocycles. The maximum atomic E-state index is 12.8. The van der Waals surface area contributed by atoms with Gasteiger partial charge in [-0.15, -0.1) is 10.2 Å². The van der Waals surface area contributed by atoms with Gasteiger partial charge in [0, 0.05) is 16.9 Å². The minimum Gasteiger partial charge on any atom is -0.308 e. The van der Waals surface area contributed by atoms with Gasteiger partial charge < -0.3 is 10.6 Å². The maximum absolute atomic E-state index is 12.8. The van der Waals surface area contributed by atoms with Crippen molar-refractivity contribution >= 4 is 23.1 Å². The molecular formula is C20H15F3N6O. The van der Waals surface area contributed by atoms with E-state index in [-0.39, 0.29) is 5.69 Å². The standard InChI is InChI=1S/C20H15F3N6O/c1-12-26-27-18-9-8-17(28-29(12)18)13-4-2-6-15(10-13)24-19(30)25-16-7-3-5-14(11-16)20(21,22)23/h2-11H,1H3,(H2,24,25,30). The summed E-state index contributed by atoms with van der Waals surface area (Å²) >= 11 is 0. The highest BCUT2D eigenvalue weighted by Crippen LogP contribution is 2.30. The maximum Gasteiger partial charge on any atom is 0.416 e. The number of rotatable bonds is 3. The largest absolute Gasteiger partial charge is 0.416 e. The second-order valence-corrected chi connectivity index (χ2v) is 6.47. The van der Waals surface area contributed by atoms with E-state index in [1.165, 1.54) is 12.1 Å². The zero-order valence-electron chi connectivity index (χ0n) is 15.6. The molecule has 0 radical (unpaired) electrons. The normalized spacial score (nSPS) is 11.5. The van der Waals surface area contributed by atoms with Crippen LogP contribution in [0, 0.1) is 6.92 Å². The molecule has 2 aromatic heterocycles. The van der Waals surface area contributed by atoms with E-state index < -0.39 is 17.8 Å². The van der Waals surface area contributed by atoms with Crippen LogP contribution in [0.4, 0.5) is 29.3 Å². The number of nitrogens with zero attached hydrogens (tertiary/aromatic N) is 4. The Morgan fingerprint density at radius 1 is 0.933 bits per heavy atom. The average Bonchev–Trinajstić information content (AvgIpc) is 3.08. The van der Waals surface area contributed by atoms with Gasteiger partial charge in [0.2, 0.25) is 0 Å². The molecule has 0 aliphatic rings. The van der Waals surface area contributed by atoms with E-state index in [1.54, 1.807) is 41.8 Å². The van der Waals surface area contributed by atoms with Crippen LogP contribution >= 0.6 is 0 Å². The molecule has 0 fully saturated rings. The van der Waals surface area contributed by atoms with E-state index in [0.29, 0.717) is 22.9 Å². The third-order valence-electron chi connectivity index (χ3n) is 4.28. The number of carbonyl (C=O) groups excluding carboxylic acids is 1. The Bertz CT molecular complexity index is 1230. The van der Waals surface area contributed by atoms with Crippen molar-refractivity contribution in [3.63, 3.8) is 0 Å². The van der Waals surface area contributed by atoms with Crippen LogP contribution in [0.25, 0.3) is 16.9 Å². The number of carbonyl (C=O) groups is 1. The molecule has 0 atom stereocenters. The van der Waals surface area contributed by atoms with E-state index >= 15 is 0 Å². The molecule has 0 unspecified atom stereocenters. The zero-order chi connectivity index (χ0) is 21.3. The first-order chi connectivity index (χ1) is 14.3. The molecule has 7 nitrogen and oxygen atoms in total. The number of benzene rings is 2. The molecule has 0 spiro atoms. The van der Waals surface area contributed by atoms with Crippen molar-refractivity contribution in [3.8, 4) is 11.3 Å². The smallest absolute Gasteiger partial charge is 0.308 e. The molecule has 2 heterocycles. The summed E-state index contributed by atoms with van der Waals surface area (Å²) in [6.07, 6.45) is -4.49. The van der Waals surface area contributed by atoms with Crippen LogP contribution in [-0.4, -0.2) is 25.8 Å². The number of nitrogens with one attached hydrogen (secondary N) is 2. The second-order valence-electron chi connectivity index (χ2n) is 6.47. The lowest BCUT2D eigenvalue weighted by Gasteiger charge is -2.11. The van der Waals surface area contributed by atoms with Crippen molar-refractivity contribution in [3.05, 3.63) is 72.1 Å². The minimum absolute atomic E-state index is 0.0358. The predicted molar refractivity (Wildman–Crippen MR) is 105 cm³/mol. The molecule has 2 amide bonds. The second kappa shape index (κ2) is 7.47. The summed E-state index contributed by atoms with van der Waals surface area (Å²) in [6.45, 7) is 1.78. The molecule has 4 aromatic rings. The van der Waals surface area contributed by atoms with Gasteiger partial charge in [0.05, 0.1) is 11.3 Å². The van der Waals surface area contributed by atoms with Crippen LogP contribution in [0.1, 0.15) is 11.4 Å². The Morgan fingerprint density at radius 2 is 1.63 bits per heavy atom. The summed E-state index contributed by atoms with van der Waals surface area (Å²) in [6, 6.07) is 14.3.